The van der Waals surface area contributed by atoms with Gasteiger partial charge in [0.25, 0.3) is 5.91 Å². The Hall–Kier alpha value is -2.58. The van der Waals surface area contributed by atoms with Gasteiger partial charge in [0.15, 0.2) is 0 Å². The number of carbonyl (C=O) groups excluding carboxylic acids is 3. The second-order valence-electron chi connectivity index (χ2n) is 5.55. The summed E-state index contributed by atoms with van der Waals surface area (Å²) < 4.78 is 10.0. The summed E-state index contributed by atoms with van der Waals surface area (Å²) in [4.78, 5) is 35.4. The van der Waals surface area contributed by atoms with Crippen molar-refractivity contribution in [1.29, 1.82) is 0 Å². The Morgan fingerprint density at radius 1 is 1.15 bits per heavy atom. The van der Waals surface area contributed by atoms with Crippen LogP contribution in [0.1, 0.15) is 27.4 Å². The van der Waals surface area contributed by atoms with Gasteiger partial charge in [0.2, 0.25) is 5.91 Å². The molecule has 10 heteroatoms. The summed E-state index contributed by atoms with van der Waals surface area (Å²) >= 11 is 11.7. The van der Waals surface area contributed by atoms with E-state index in [2.05, 4.69) is 15.8 Å². The zero-order valence-electron chi connectivity index (χ0n) is 14.6. The molecule has 0 spiro atoms. The molecule has 0 aliphatic rings. The van der Waals surface area contributed by atoms with Crippen molar-refractivity contribution in [1.82, 2.24) is 15.8 Å². The lowest BCUT2D eigenvalue weighted by atomic mass is 10.2. The number of rotatable bonds is 7. The van der Waals surface area contributed by atoms with E-state index >= 15 is 0 Å². The number of esters is 1. The summed E-state index contributed by atoms with van der Waals surface area (Å²) in [6.07, 6.45) is 0. The van der Waals surface area contributed by atoms with Gasteiger partial charge < -0.3 is 19.9 Å². The Balaban J connectivity index is 1.72. The maximum Gasteiger partial charge on any atom is 0.325 e. The van der Waals surface area contributed by atoms with Gasteiger partial charge in [0, 0.05) is 5.02 Å². The minimum absolute atomic E-state index is 0.00166. The molecule has 1 aromatic heterocycles. The van der Waals surface area contributed by atoms with E-state index < -0.39 is 17.8 Å². The summed E-state index contributed by atoms with van der Waals surface area (Å²) in [5.74, 6) is -1.15. The fraction of sp³-hybridized carbons (Fsp3) is 0.294. The fourth-order valence-corrected chi connectivity index (χ4v) is 2.57. The van der Waals surface area contributed by atoms with Crippen molar-refractivity contribution in [3.8, 4) is 0 Å². The molecule has 144 valence electrons. The maximum absolute atomic E-state index is 12.0. The van der Waals surface area contributed by atoms with E-state index in [-0.39, 0.29) is 30.3 Å². The van der Waals surface area contributed by atoms with E-state index in [1.54, 1.807) is 13.8 Å². The van der Waals surface area contributed by atoms with Crippen LogP contribution in [-0.2, 0) is 20.9 Å². The monoisotopic (exact) mass is 413 g/mol. The Labute approximate surface area is 165 Å². The largest absolute Gasteiger partial charge is 0.459 e. The first-order chi connectivity index (χ1) is 12.8. The topological polar surface area (TPSA) is 111 Å². The highest BCUT2D eigenvalue weighted by Gasteiger charge is 2.14. The molecule has 1 aromatic carbocycles. The molecular formula is C17H17Cl2N3O5. The van der Waals surface area contributed by atoms with Gasteiger partial charge in [-0.05, 0) is 32.0 Å². The van der Waals surface area contributed by atoms with Crippen molar-refractivity contribution < 1.29 is 23.6 Å². The van der Waals surface area contributed by atoms with Crippen LogP contribution in [0.5, 0.6) is 0 Å². The van der Waals surface area contributed by atoms with Gasteiger partial charge in [-0.1, -0.05) is 28.4 Å². The highest BCUT2D eigenvalue weighted by Crippen LogP contribution is 2.20. The van der Waals surface area contributed by atoms with Gasteiger partial charge >= 0.3 is 5.97 Å². The van der Waals surface area contributed by atoms with E-state index in [0.29, 0.717) is 22.0 Å². The third kappa shape index (κ3) is 5.97. The van der Waals surface area contributed by atoms with Crippen LogP contribution in [0, 0.1) is 13.8 Å². The van der Waals surface area contributed by atoms with Gasteiger partial charge in [0.1, 0.15) is 18.9 Å². The number of nitrogens with zero attached hydrogens (tertiary/aromatic N) is 1. The van der Waals surface area contributed by atoms with Crippen LogP contribution in [0.2, 0.25) is 10.0 Å². The molecule has 2 amide bonds. The van der Waals surface area contributed by atoms with Crippen LogP contribution in [0.25, 0.3) is 0 Å². The number of aromatic nitrogens is 1. The van der Waals surface area contributed by atoms with Gasteiger partial charge in [-0.3, -0.25) is 14.4 Å². The molecule has 0 saturated carbocycles. The molecule has 0 bridgehead atoms. The fourth-order valence-electron chi connectivity index (χ4n) is 2.07. The zero-order chi connectivity index (χ0) is 20.0. The SMILES string of the molecule is Cc1noc(C)c1COC(=O)CNC(=O)CNC(=O)c1ccc(Cl)cc1Cl. The Bertz CT molecular complexity index is 847. The molecule has 2 aromatic rings. The predicted octanol–water partition coefficient (Wildman–Crippen LogP) is 2.19. The van der Waals surface area contributed by atoms with Crippen LogP contribution >= 0.6 is 23.2 Å². The normalized spacial score (nSPS) is 10.4. The highest BCUT2D eigenvalue weighted by atomic mass is 35.5. The van der Waals surface area contributed by atoms with E-state index in [0.717, 1.165) is 0 Å². The molecular weight excluding hydrogens is 397 g/mol. The summed E-state index contributed by atoms with van der Waals surface area (Å²) in [7, 11) is 0. The van der Waals surface area contributed by atoms with Crippen molar-refractivity contribution in [2.45, 2.75) is 20.5 Å². The second kappa shape index (κ2) is 9.38. The number of halogens is 2. The minimum Gasteiger partial charge on any atom is -0.459 e. The molecule has 1 heterocycles. The van der Waals surface area contributed by atoms with E-state index in [1.165, 1.54) is 18.2 Å². The van der Waals surface area contributed by atoms with Crippen LogP contribution in [-0.4, -0.2) is 36.0 Å². The van der Waals surface area contributed by atoms with E-state index in [4.69, 9.17) is 32.5 Å². The highest BCUT2D eigenvalue weighted by molar-refractivity contribution is 6.36. The van der Waals surface area contributed by atoms with Crippen molar-refractivity contribution in [3.63, 3.8) is 0 Å². The quantitative estimate of drug-likeness (QED) is 0.672. The summed E-state index contributed by atoms with van der Waals surface area (Å²) in [6.45, 7) is 2.79. The van der Waals surface area contributed by atoms with Gasteiger partial charge in [0.05, 0.1) is 28.4 Å². The van der Waals surface area contributed by atoms with Crippen LogP contribution in [0.4, 0.5) is 0 Å². The average molecular weight is 414 g/mol. The Morgan fingerprint density at radius 3 is 2.52 bits per heavy atom. The first-order valence-corrected chi connectivity index (χ1v) is 8.61. The number of benzene rings is 1. The first-order valence-electron chi connectivity index (χ1n) is 7.85. The molecule has 0 unspecified atom stereocenters. The summed E-state index contributed by atoms with van der Waals surface area (Å²) in [5.41, 5.74) is 1.50. The molecule has 0 radical (unpaired) electrons. The number of ether oxygens (including phenoxy) is 1. The van der Waals surface area contributed by atoms with Gasteiger partial charge in [-0.2, -0.15) is 0 Å². The molecule has 0 aliphatic heterocycles. The van der Waals surface area contributed by atoms with Crippen molar-refractivity contribution >= 4 is 41.0 Å². The van der Waals surface area contributed by atoms with E-state index in [9.17, 15) is 14.4 Å². The number of aryl methyl sites for hydroxylation is 2. The molecule has 0 saturated heterocycles. The molecule has 0 aliphatic carbocycles. The maximum atomic E-state index is 12.0. The van der Waals surface area contributed by atoms with Gasteiger partial charge in [-0.15, -0.1) is 0 Å². The molecule has 0 atom stereocenters. The molecule has 0 fully saturated rings. The lowest BCUT2D eigenvalue weighted by molar-refractivity contribution is -0.145. The number of carbonyl (C=O) groups is 3. The number of nitrogens with one attached hydrogen (secondary N) is 2. The van der Waals surface area contributed by atoms with Crippen molar-refractivity contribution in [3.05, 3.63) is 50.8 Å². The lowest BCUT2D eigenvalue weighted by Gasteiger charge is -2.08. The average Bonchev–Trinajstić information content (AvgIpc) is 2.94. The van der Waals surface area contributed by atoms with Gasteiger partial charge in [-0.25, -0.2) is 0 Å². The van der Waals surface area contributed by atoms with Crippen LogP contribution in [0.3, 0.4) is 0 Å². The smallest absolute Gasteiger partial charge is 0.325 e. The number of hydrogen-bond donors (Lipinski definition) is 2. The second-order valence-corrected chi connectivity index (χ2v) is 6.39. The third-order valence-corrected chi connectivity index (χ3v) is 4.12. The number of hydrogen-bond acceptors (Lipinski definition) is 6. The predicted molar refractivity (Wildman–Crippen MR) is 97.6 cm³/mol. The third-order valence-electron chi connectivity index (χ3n) is 3.57. The molecule has 2 N–H and O–H groups in total. The first kappa shape index (κ1) is 20.7. The zero-order valence-corrected chi connectivity index (χ0v) is 16.1. The lowest BCUT2D eigenvalue weighted by Crippen LogP contribution is -2.39. The summed E-state index contributed by atoms with van der Waals surface area (Å²) in [6, 6.07) is 4.38. The molecule has 27 heavy (non-hydrogen) atoms. The van der Waals surface area contributed by atoms with E-state index in [1.807, 2.05) is 0 Å². The standard InChI is InChI=1S/C17H17Cl2N3O5/c1-9-13(10(2)27-22-9)8-26-16(24)7-20-15(23)6-21-17(25)12-4-3-11(18)5-14(12)19/h3-5H,6-8H2,1-2H3,(H,20,23)(H,21,25). The minimum atomic E-state index is -0.629. The van der Waals surface area contributed by atoms with Crippen LogP contribution < -0.4 is 10.6 Å². The van der Waals surface area contributed by atoms with Crippen molar-refractivity contribution in [2.75, 3.05) is 13.1 Å². The number of amides is 2. The van der Waals surface area contributed by atoms with Crippen LogP contribution in [0.15, 0.2) is 22.7 Å². The Morgan fingerprint density at radius 2 is 1.89 bits per heavy atom. The molecule has 8 nitrogen and oxygen atoms in total. The molecule has 2 rings (SSSR count). The summed E-state index contributed by atoms with van der Waals surface area (Å²) in [5, 5.41) is 9.07. The van der Waals surface area contributed by atoms with Crippen molar-refractivity contribution in [2.24, 2.45) is 0 Å². The Kier molecular flexibility index (Phi) is 7.20.